The van der Waals surface area contributed by atoms with Gasteiger partial charge in [-0.1, -0.05) is 11.6 Å². The number of nitrogens with two attached hydrogens (primary N) is 1. The number of aromatic nitrogens is 2. The Labute approximate surface area is 111 Å². The van der Waals surface area contributed by atoms with Crippen LogP contribution in [0.25, 0.3) is 0 Å². The molecule has 0 saturated heterocycles. The van der Waals surface area contributed by atoms with Crippen LogP contribution in [-0.4, -0.2) is 9.97 Å². The lowest BCUT2D eigenvalue weighted by molar-refractivity contribution is 0.435. The maximum atomic E-state index is 5.96. The number of hydrogen-bond donors (Lipinski definition) is 1. The summed E-state index contributed by atoms with van der Waals surface area (Å²) in [7, 11) is 0. The van der Waals surface area contributed by atoms with Gasteiger partial charge in [0.2, 0.25) is 0 Å². The fourth-order valence-corrected chi connectivity index (χ4v) is 1.98. The molecule has 0 radical (unpaired) electrons. The Morgan fingerprint density at radius 1 is 1.17 bits per heavy atom. The van der Waals surface area contributed by atoms with Gasteiger partial charge in [-0.15, -0.1) is 0 Å². The van der Waals surface area contributed by atoms with E-state index in [1.807, 2.05) is 26.0 Å². The second-order valence-corrected chi connectivity index (χ2v) is 4.49. The van der Waals surface area contributed by atoms with Crippen LogP contribution in [0.3, 0.4) is 0 Å². The maximum Gasteiger partial charge on any atom is 0.321 e. The van der Waals surface area contributed by atoms with Gasteiger partial charge in [-0.25, -0.2) is 9.97 Å². The normalized spacial score (nSPS) is 10.4. The Morgan fingerprint density at radius 3 is 2.22 bits per heavy atom. The van der Waals surface area contributed by atoms with Crippen molar-refractivity contribution in [1.29, 1.82) is 0 Å². The van der Waals surface area contributed by atoms with E-state index in [0.29, 0.717) is 17.6 Å². The molecule has 94 valence electrons. The number of rotatable bonds is 3. The number of benzene rings is 1. The molecule has 1 aromatic carbocycles. The minimum atomic E-state index is 0.306. The van der Waals surface area contributed by atoms with Gasteiger partial charge in [0, 0.05) is 29.5 Å². The lowest BCUT2D eigenvalue weighted by atomic mass is 10.1. The first-order valence-electron chi connectivity index (χ1n) is 5.55. The molecular formula is C13H14ClN3O. The van der Waals surface area contributed by atoms with Crippen molar-refractivity contribution in [2.45, 2.75) is 20.4 Å². The highest BCUT2D eigenvalue weighted by Crippen LogP contribution is 2.29. The monoisotopic (exact) mass is 263 g/mol. The quantitative estimate of drug-likeness (QED) is 0.925. The van der Waals surface area contributed by atoms with Gasteiger partial charge in [-0.2, -0.15) is 0 Å². The minimum absolute atomic E-state index is 0.306. The van der Waals surface area contributed by atoms with Crippen LogP contribution < -0.4 is 10.5 Å². The van der Waals surface area contributed by atoms with Crippen molar-refractivity contribution in [2.75, 3.05) is 0 Å². The SMILES string of the molecule is Cc1cc(Cl)cc(C)c1Oc1ncc(CN)cn1. The number of hydrogen-bond acceptors (Lipinski definition) is 4. The average molecular weight is 264 g/mol. The lowest BCUT2D eigenvalue weighted by Crippen LogP contribution is -2.00. The highest BCUT2D eigenvalue weighted by atomic mass is 35.5. The molecule has 0 aliphatic carbocycles. The zero-order valence-electron chi connectivity index (χ0n) is 10.3. The zero-order valence-corrected chi connectivity index (χ0v) is 11.0. The summed E-state index contributed by atoms with van der Waals surface area (Å²) in [6, 6.07) is 4.00. The summed E-state index contributed by atoms with van der Waals surface area (Å²) >= 11 is 5.96. The Hall–Kier alpha value is -1.65. The molecule has 2 rings (SSSR count). The largest absolute Gasteiger partial charge is 0.424 e. The Balaban J connectivity index is 2.28. The van der Waals surface area contributed by atoms with Crippen LogP contribution in [0.1, 0.15) is 16.7 Å². The summed E-state index contributed by atoms with van der Waals surface area (Å²) in [5.41, 5.74) is 8.25. The van der Waals surface area contributed by atoms with Crippen LogP contribution >= 0.6 is 11.6 Å². The van der Waals surface area contributed by atoms with Gasteiger partial charge in [0.15, 0.2) is 0 Å². The lowest BCUT2D eigenvalue weighted by Gasteiger charge is -2.10. The second-order valence-electron chi connectivity index (χ2n) is 4.05. The van der Waals surface area contributed by atoms with Crippen molar-refractivity contribution in [2.24, 2.45) is 5.73 Å². The van der Waals surface area contributed by atoms with E-state index in [-0.39, 0.29) is 0 Å². The highest BCUT2D eigenvalue weighted by Gasteiger charge is 2.08. The molecular weight excluding hydrogens is 250 g/mol. The van der Waals surface area contributed by atoms with Gasteiger partial charge in [-0.05, 0) is 37.1 Å². The summed E-state index contributed by atoms with van der Waals surface area (Å²) in [6.07, 6.45) is 3.31. The van der Waals surface area contributed by atoms with Crippen molar-refractivity contribution in [1.82, 2.24) is 9.97 Å². The molecule has 2 aromatic rings. The number of ether oxygens (including phenoxy) is 1. The molecule has 18 heavy (non-hydrogen) atoms. The molecule has 0 saturated carbocycles. The fourth-order valence-electron chi connectivity index (χ4n) is 1.65. The molecule has 0 amide bonds. The van der Waals surface area contributed by atoms with Crippen molar-refractivity contribution >= 4 is 11.6 Å². The molecule has 0 atom stereocenters. The van der Waals surface area contributed by atoms with E-state index in [4.69, 9.17) is 22.1 Å². The van der Waals surface area contributed by atoms with Crippen molar-refractivity contribution in [3.8, 4) is 11.8 Å². The third-order valence-electron chi connectivity index (χ3n) is 2.54. The molecule has 0 aliphatic rings. The Bertz CT molecular complexity index is 532. The van der Waals surface area contributed by atoms with Gasteiger partial charge < -0.3 is 10.5 Å². The minimum Gasteiger partial charge on any atom is -0.424 e. The van der Waals surface area contributed by atoms with Crippen molar-refractivity contribution < 1.29 is 4.74 Å². The van der Waals surface area contributed by atoms with E-state index in [0.717, 1.165) is 22.4 Å². The van der Waals surface area contributed by atoms with Crippen molar-refractivity contribution in [3.05, 3.63) is 46.2 Å². The van der Waals surface area contributed by atoms with Crippen LogP contribution in [0.5, 0.6) is 11.8 Å². The van der Waals surface area contributed by atoms with E-state index >= 15 is 0 Å². The summed E-state index contributed by atoms with van der Waals surface area (Å²) in [5.74, 6) is 0.736. The molecule has 1 aromatic heterocycles. The van der Waals surface area contributed by atoms with E-state index in [9.17, 15) is 0 Å². The average Bonchev–Trinajstić information content (AvgIpc) is 2.34. The number of aryl methyl sites for hydroxylation is 2. The number of nitrogens with zero attached hydrogens (tertiary/aromatic N) is 2. The zero-order chi connectivity index (χ0) is 13.1. The first kappa shape index (κ1) is 12.8. The molecule has 1 heterocycles. The smallest absolute Gasteiger partial charge is 0.321 e. The fraction of sp³-hybridized carbons (Fsp3) is 0.231. The van der Waals surface area contributed by atoms with Gasteiger partial charge in [0.05, 0.1) is 0 Å². The van der Waals surface area contributed by atoms with Crippen LogP contribution in [0, 0.1) is 13.8 Å². The molecule has 2 N–H and O–H groups in total. The first-order chi connectivity index (χ1) is 8.60. The van der Waals surface area contributed by atoms with E-state index < -0.39 is 0 Å². The van der Waals surface area contributed by atoms with Crippen LogP contribution in [-0.2, 0) is 6.54 Å². The van der Waals surface area contributed by atoms with Gasteiger partial charge >= 0.3 is 6.01 Å². The standard InChI is InChI=1S/C13H14ClN3O/c1-8-3-11(14)4-9(2)12(8)18-13-16-6-10(5-15)7-17-13/h3-4,6-7H,5,15H2,1-2H3. The molecule has 0 bridgehead atoms. The second kappa shape index (κ2) is 5.33. The third-order valence-corrected chi connectivity index (χ3v) is 2.75. The predicted octanol–water partition coefficient (Wildman–Crippen LogP) is 3.00. The van der Waals surface area contributed by atoms with E-state index in [1.54, 1.807) is 12.4 Å². The summed E-state index contributed by atoms with van der Waals surface area (Å²) in [5, 5.41) is 0.691. The van der Waals surface area contributed by atoms with E-state index in [1.165, 1.54) is 0 Å². The summed E-state index contributed by atoms with van der Waals surface area (Å²) < 4.78 is 5.67. The first-order valence-corrected chi connectivity index (χ1v) is 5.93. The topological polar surface area (TPSA) is 61.0 Å². The summed E-state index contributed by atoms with van der Waals surface area (Å²) in [6.45, 7) is 4.28. The van der Waals surface area contributed by atoms with E-state index in [2.05, 4.69) is 9.97 Å². The van der Waals surface area contributed by atoms with Gasteiger partial charge in [-0.3, -0.25) is 0 Å². The summed E-state index contributed by atoms with van der Waals surface area (Å²) in [4.78, 5) is 8.21. The maximum absolute atomic E-state index is 5.96. The highest BCUT2D eigenvalue weighted by molar-refractivity contribution is 6.30. The van der Waals surface area contributed by atoms with Crippen LogP contribution in [0.2, 0.25) is 5.02 Å². The van der Waals surface area contributed by atoms with Crippen LogP contribution in [0.4, 0.5) is 0 Å². The Kier molecular flexibility index (Phi) is 3.79. The van der Waals surface area contributed by atoms with Gasteiger partial charge in [0.1, 0.15) is 5.75 Å². The van der Waals surface area contributed by atoms with Crippen LogP contribution in [0.15, 0.2) is 24.5 Å². The predicted molar refractivity (Wildman–Crippen MR) is 70.9 cm³/mol. The molecule has 0 spiro atoms. The molecule has 5 heteroatoms. The molecule has 4 nitrogen and oxygen atoms in total. The molecule has 0 aliphatic heterocycles. The molecule has 0 fully saturated rings. The third kappa shape index (κ3) is 2.78. The number of halogens is 1. The van der Waals surface area contributed by atoms with Crippen molar-refractivity contribution in [3.63, 3.8) is 0 Å². The molecule has 0 unspecified atom stereocenters. The Morgan fingerprint density at radius 2 is 1.72 bits per heavy atom. The van der Waals surface area contributed by atoms with Gasteiger partial charge in [0.25, 0.3) is 0 Å².